The van der Waals surface area contributed by atoms with Gasteiger partial charge in [-0.3, -0.25) is 9.59 Å². The lowest BCUT2D eigenvalue weighted by atomic mass is 10.1. The van der Waals surface area contributed by atoms with Gasteiger partial charge in [-0.15, -0.1) is 0 Å². The van der Waals surface area contributed by atoms with Crippen LogP contribution in [-0.4, -0.2) is 23.3 Å². The molecule has 2 N–H and O–H groups in total. The van der Waals surface area contributed by atoms with Crippen LogP contribution in [-0.2, 0) is 4.79 Å². The van der Waals surface area contributed by atoms with Gasteiger partial charge >= 0.3 is 0 Å². The monoisotopic (exact) mass is 305 g/mol. The van der Waals surface area contributed by atoms with Gasteiger partial charge in [-0.25, -0.2) is 0 Å². The largest absolute Gasteiger partial charge is 0.508 e. The van der Waals surface area contributed by atoms with Gasteiger partial charge in [0.05, 0.1) is 6.42 Å². The highest BCUT2D eigenvalue weighted by atomic mass is 16.3. The third-order valence-corrected chi connectivity index (χ3v) is 3.61. The average molecular weight is 305 g/mol. The van der Waals surface area contributed by atoms with Crippen LogP contribution < -0.4 is 5.32 Å². The molecule has 0 fully saturated rings. The molecule has 0 bridgehead atoms. The van der Waals surface area contributed by atoms with Gasteiger partial charge in [0.1, 0.15) is 5.75 Å². The Morgan fingerprint density at radius 3 is 2.18 bits per heavy atom. The molecule has 1 rings (SSSR count). The molecule has 0 aliphatic carbocycles. The minimum atomic E-state index is -0.232. The third-order valence-electron chi connectivity index (χ3n) is 3.61. The molecule has 0 aliphatic heterocycles. The Balaban J connectivity index is 2.10. The van der Waals surface area contributed by atoms with Crippen LogP contribution in [0.5, 0.6) is 5.75 Å². The van der Waals surface area contributed by atoms with Crippen molar-refractivity contribution in [1.29, 1.82) is 0 Å². The van der Waals surface area contributed by atoms with Gasteiger partial charge in [-0.05, 0) is 30.7 Å². The number of amides is 1. The normalized spacial score (nSPS) is 10.4. The molecule has 1 aromatic carbocycles. The molecule has 1 amide bonds. The number of Topliss-reactive ketones (excluding diaryl/α,β-unsaturated/α-hetero) is 1. The van der Waals surface area contributed by atoms with E-state index in [0.717, 1.165) is 12.8 Å². The summed E-state index contributed by atoms with van der Waals surface area (Å²) in [5, 5.41) is 12.0. The second-order valence-electron chi connectivity index (χ2n) is 5.62. The number of unbranched alkanes of at least 4 members (excludes halogenated alkanes) is 6. The molecule has 0 saturated carbocycles. The van der Waals surface area contributed by atoms with E-state index in [1.807, 2.05) is 0 Å². The van der Waals surface area contributed by atoms with E-state index in [-0.39, 0.29) is 23.9 Å². The topological polar surface area (TPSA) is 66.4 Å². The summed E-state index contributed by atoms with van der Waals surface area (Å²) in [4.78, 5) is 23.5. The summed E-state index contributed by atoms with van der Waals surface area (Å²) in [6.45, 7) is 2.84. The molecule has 1 aromatic rings. The summed E-state index contributed by atoms with van der Waals surface area (Å²) in [6, 6.07) is 5.95. The summed E-state index contributed by atoms with van der Waals surface area (Å²) in [5.74, 6) is -0.346. The van der Waals surface area contributed by atoms with Gasteiger partial charge in [-0.1, -0.05) is 45.4 Å². The maximum absolute atomic E-state index is 11.9. The predicted octanol–water partition coefficient (Wildman–Crippen LogP) is 3.83. The van der Waals surface area contributed by atoms with E-state index in [1.165, 1.54) is 56.4 Å². The first-order valence-corrected chi connectivity index (χ1v) is 8.22. The molecule has 122 valence electrons. The Hall–Kier alpha value is -1.84. The summed E-state index contributed by atoms with van der Waals surface area (Å²) in [7, 11) is 0. The van der Waals surface area contributed by atoms with E-state index in [2.05, 4.69) is 12.2 Å². The van der Waals surface area contributed by atoms with Crippen LogP contribution in [0.3, 0.4) is 0 Å². The van der Waals surface area contributed by atoms with Crippen molar-refractivity contribution >= 4 is 11.7 Å². The molecule has 0 heterocycles. The molecule has 0 atom stereocenters. The smallest absolute Gasteiger partial charge is 0.227 e. The van der Waals surface area contributed by atoms with Crippen molar-refractivity contribution in [2.75, 3.05) is 6.54 Å². The van der Waals surface area contributed by atoms with Crippen molar-refractivity contribution in [3.05, 3.63) is 29.8 Å². The Labute approximate surface area is 132 Å². The lowest BCUT2D eigenvalue weighted by Crippen LogP contribution is -2.26. The number of carbonyl (C=O) groups excluding carboxylic acids is 2. The highest BCUT2D eigenvalue weighted by molar-refractivity contribution is 6.07. The number of phenols is 1. The number of carbonyl (C=O) groups is 2. The Kier molecular flexibility index (Phi) is 8.96. The first-order valence-electron chi connectivity index (χ1n) is 8.22. The van der Waals surface area contributed by atoms with Gasteiger partial charge < -0.3 is 10.4 Å². The minimum Gasteiger partial charge on any atom is -0.508 e. The molecular formula is C18H27NO3. The molecule has 0 saturated heterocycles. The zero-order valence-electron chi connectivity index (χ0n) is 13.4. The Morgan fingerprint density at radius 2 is 1.55 bits per heavy atom. The van der Waals surface area contributed by atoms with Crippen molar-refractivity contribution in [2.45, 2.75) is 58.3 Å². The van der Waals surface area contributed by atoms with Crippen LogP contribution in [0, 0.1) is 0 Å². The summed E-state index contributed by atoms with van der Waals surface area (Å²) >= 11 is 0. The number of phenolic OH excluding ortho intramolecular Hbond substituents is 1. The summed E-state index contributed by atoms with van der Waals surface area (Å²) in [5.41, 5.74) is 0.448. The Bertz CT molecular complexity index is 454. The quantitative estimate of drug-likeness (QED) is 0.371. The average Bonchev–Trinajstić information content (AvgIpc) is 2.50. The van der Waals surface area contributed by atoms with Crippen molar-refractivity contribution in [3.8, 4) is 5.75 Å². The molecule has 0 spiro atoms. The fraction of sp³-hybridized carbons (Fsp3) is 0.556. The maximum Gasteiger partial charge on any atom is 0.227 e. The van der Waals surface area contributed by atoms with Crippen LogP contribution >= 0.6 is 0 Å². The maximum atomic E-state index is 11.9. The molecule has 22 heavy (non-hydrogen) atoms. The number of benzene rings is 1. The van der Waals surface area contributed by atoms with E-state index in [1.54, 1.807) is 0 Å². The van der Waals surface area contributed by atoms with Crippen molar-refractivity contribution in [2.24, 2.45) is 0 Å². The first-order chi connectivity index (χ1) is 10.6. The van der Waals surface area contributed by atoms with E-state index in [0.29, 0.717) is 12.1 Å². The number of hydrogen-bond acceptors (Lipinski definition) is 3. The SMILES string of the molecule is CCCCCCCCCNC(=O)CC(=O)c1ccc(O)cc1. The standard InChI is InChI=1S/C18H27NO3/c1-2-3-4-5-6-7-8-13-19-18(22)14-17(21)15-9-11-16(20)12-10-15/h9-12,20H,2-8,13-14H2,1H3,(H,19,22). The van der Waals surface area contributed by atoms with Crippen LogP contribution in [0.25, 0.3) is 0 Å². The van der Waals surface area contributed by atoms with E-state index in [4.69, 9.17) is 5.11 Å². The van der Waals surface area contributed by atoms with Crippen LogP contribution in [0.4, 0.5) is 0 Å². The molecule has 0 unspecified atom stereocenters. The summed E-state index contributed by atoms with van der Waals surface area (Å²) < 4.78 is 0. The van der Waals surface area contributed by atoms with Gasteiger partial charge in [0.15, 0.2) is 5.78 Å². The number of rotatable bonds is 11. The number of aromatic hydroxyl groups is 1. The zero-order chi connectivity index (χ0) is 16.2. The predicted molar refractivity (Wildman–Crippen MR) is 88.1 cm³/mol. The lowest BCUT2D eigenvalue weighted by molar-refractivity contribution is -0.120. The number of nitrogens with one attached hydrogen (secondary N) is 1. The van der Waals surface area contributed by atoms with Gasteiger partial charge in [0.2, 0.25) is 5.91 Å². The molecule has 0 radical (unpaired) electrons. The van der Waals surface area contributed by atoms with Crippen LogP contribution in [0.2, 0.25) is 0 Å². The van der Waals surface area contributed by atoms with Crippen LogP contribution in [0.1, 0.15) is 68.6 Å². The molecule has 4 heteroatoms. The van der Waals surface area contributed by atoms with Crippen molar-refractivity contribution < 1.29 is 14.7 Å². The van der Waals surface area contributed by atoms with E-state index >= 15 is 0 Å². The van der Waals surface area contributed by atoms with Gasteiger partial charge in [0.25, 0.3) is 0 Å². The highest BCUT2D eigenvalue weighted by Gasteiger charge is 2.11. The van der Waals surface area contributed by atoms with E-state index < -0.39 is 0 Å². The second-order valence-corrected chi connectivity index (χ2v) is 5.62. The molecule has 4 nitrogen and oxygen atoms in total. The fourth-order valence-electron chi connectivity index (χ4n) is 2.27. The lowest BCUT2D eigenvalue weighted by Gasteiger charge is -2.05. The van der Waals surface area contributed by atoms with Crippen LogP contribution in [0.15, 0.2) is 24.3 Å². The van der Waals surface area contributed by atoms with Crippen molar-refractivity contribution in [3.63, 3.8) is 0 Å². The highest BCUT2D eigenvalue weighted by Crippen LogP contribution is 2.11. The fourth-order valence-corrected chi connectivity index (χ4v) is 2.27. The summed E-state index contributed by atoms with van der Waals surface area (Å²) in [6.07, 6.45) is 8.27. The Morgan fingerprint density at radius 1 is 0.955 bits per heavy atom. The number of ketones is 1. The third kappa shape index (κ3) is 7.81. The van der Waals surface area contributed by atoms with Crippen molar-refractivity contribution in [1.82, 2.24) is 5.32 Å². The van der Waals surface area contributed by atoms with Gasteiger partial charge in [0, 0.05) is 12.1 Å². The van der Waals surface area contributed by atoms with Gasteiger partial charge in [-0.2, -0.15) is 0 Å². The second kappa shape index (κ2) is 10.8. The number of hydrogen-bond donors (Lipinski definition) is 2. The minimum absolute atomic E-state index is 0.111. The van der Waals surface area contributed by atoms with E-state index in [9.17, 15) is 9.59 Å². The molecular weight excluding hydrogens is 278 g/mol. The first kappa shape index (κ1) is 18.2. The zero-order valence-corrected chi connectivity index (χ0v) is 13.4. The molecule has 0 aliphatic rings. The molecule has 0 aromatic heterocycles.